The number of likely N-dealkylation sites (tertiary alicyclic amines) is 1. The molecule has 6 nitrogen and oxygen atoms in total. The van der Waals surface area contributed by atoms with Crippen molar-refractivity contribution < 1.29 is 14.6 Å². The lowest BCUT2D eigenvalue weighted by Gasteiger charge is -2.33. The second-order valence-electron chi connectivity index (χ2n) is 8.61. The summed E-state index contributed by atoms with van der Waals surface area (Å²) in [5, 5.41) is 13.4. The molecule has 2 atom stereocenters. The van der Waals surface area contributed by atoms with Crippen molar-refractivity contribution in [2.24, 2.45) is 5.92 Å². The number of hydrogen-bond donors (Lipinski definition) is 2. The number of anilines is 1. The van der Waals surface area contributed by atoms with Crippen LogP contribution in [-0.4, -0.2) is 53.2 Å². The van der Waals surface area contributed by atoms with E-state index in [2.05, 4.69) is 27.3 Å². The first kappa shape index (κ1) is 23.0. The molecule has 1 amide bonds. The van der Waals surface area contributed by atoms with E-state index in [-0.39, 0.29) is 18.4 Å². The summed E-state index contributed by atoms with van der Waals surface area (Å²) < 4.78 is 5.80. The Morgan fingerprint density at radius 2 is 1.85 bits per heavy atom. The first-order valence-electron chi connectivity index (χ1n) is 11.5. The summed E-state index contributed by atoms with van der Waals surface area (Å²) in [6.07, 6.45) is 1.14. The summed E-state index contributed by atoms with van der Waals surface area (Å²) in [4.78, 5) is 19.2. The van der Waals surface area contributed by atoms with Crippen LogP contribution in [0.15, 0.2) is 72.8 Å². The number of amides is 1. The number of nitrogens with one attached hydrogen (secondary N) is 1. The standard InChI is InChI=1S/C27H31N3O3/c1-20-7-5-11-26(28-20)29-27(32)23-10-6-16-30(17-23)18-24(31)19-33-25-14-12-22(13-15-25)21-8-3-2-4-9-21/h2-5,7-9,11-15,23-24,31H,6,10,16-19H2,1H3,(H,28,29,32)/t23-,24-/m1/s1. The van der Waals surface area contributed by atoms with Gasteiger partial charge in [0, 0.05) is 18.8 Å². The van der Waals surface area contributed by atoms with Gasteiger partial charge in [0.1, 0.15) is 24.3 Å². The van der Waals surface area contributed by atoms with Crippen molar-refractivity contribution >= 4 is 11.7 Å². The zero-order valence-corrected chi connectivity index (χ0v) is 19.0. The van der Waals surface area contributed by atoms with Gasteiger partial charge in [-0.2, -0.15) is 0 Å². The number of benzene rings is 2. The number of carbonyl (C=O) groups excluding carboxylic acids is 1. The van der Waals surface area contributed by atoms with Gasteiger partial charge in [-0.05, 0) is 61.7 Å². The van der Waals surface area contributed by atoms with Gasteiger partial charge in [0.15, 0.2) is 0 Å². The molecule has 2 heterocycles. The zero-order chi connectivity index (χ0) is 23.0. The number of β-amino-alcohol motifs (C(OH)–C–C–N with tert-alkyl or cyclic N) is 1. The molecule has 2 aromatic carbocycles. The first-order chi connectivity index (χ1) is 16.1. The van der Waals surface area contributed by atoms with Crippen LogP contribution in [0, 0.1) is 12.8 Å². The molecule has 1 aromatic heterocycles. The topological polar surface area (TPSA) is 74.7 Å². The zero-order valence-electron chi connectivity index (χ0n) is 19.0. The molecule has 0 saturated carbocycles. The largest absolute Gasteiger partial charge is 0.491 e. The van der Waals surface area contributed by atoms with Gasteiger partial charge in [-0.15, -0.1) is 0 Å². The summed E-state index contributed by atoms with van der Waals surface area (Å²) in [5.41, 5.74) is 3.16. The summed E-state index contributed by atoms with van der Waals surface area (Å²) >= 11 is 0. The molecule has 1 saturated heterocycles. The number of aromatic nitrogens is 1. The van der Waals surface area contributed by atoms with E-state index in [0.29, 0.717) is 18.9 Å². The molecular formula is C27H31N3O3. The van der Waals surface area contributed by atoms with Crippen LogP contribution in [0.1, 0.15) is 18.5 Å². The maximum absolute atomic E-state index is 12.7. The Hall–Kier alpha value is -3.22. The lowest BCUT2D eigenvalue weighted by molar-refractivity contribution is -0.121. The first-order valence-corrected chi connectivity index (χ1v) is 11.5. The van der Waals surface area contributed by atoms with E-state index in [9.17, 15) is 9.90 Å². The minimum atomic E-state index is -0.626. The van der Waals surface area contributed by atoms with Crippen molar-refractivity contribution in [1.82, 2.24) is 9.88 Å². The second-order valence-corrected chi connectivity index (χ2v) is 8.61. The molecule has 0 spiro atoms. The van der Waals surface area contributed by atoms with Gasteiger partial charge in [0.25, 0.3) is 0 Å². The average Bonchev–Trinajstić information content (AvgIpc) is 2.84. The number of carbonyl (C=O) groups is 1. The molecule has 2 N–H and O–H groups in total. The molecule has 0 aliphatic carbocycles. The number of piperidine rings is 1. The number of pyridine rings is 1. The minimum Gasteiger partial charge on any atom is -0.491 e. The van der Waals surface area contributed by atoms with Crippen molar-refractivity contribution in [1.29, 1.82) is 0 Å². The van der Waals surface area contributed by atoms with Gasteiger partial charge in [-0.3, -0.25) is 9.69 Å². The molecular weight excluding hydrogens is 414 g/mol. The third-order valence-electron chi connectivity index (χ3n) is 5.89. The highest BCUT2D eigenvalue weighted by Crippen LogP contribution is 2.22. The fraction of sp³-hybridized carbons (Fsp3) is 0.333. The molecule has 3 aromatic rings. The van der Waals surface area contributed by atoms with Crippen molar-refractivity contribution in [2.45, 2.75) is 25.9 Å². The molecule has 0 unspecified atom stereocenters. The molecule has 1 aliphatic heterocycles. The molecule has 0 bridgehead atoms. The Kier molecular flexibility index (Phi) is 7.70. The Bertz CT molecular complexity index is 1040. The number of hydrogen-bond acceptors (Lipinski definition) is 5. The summed E-state index contributed by atoms with van der Waals surface area (Å²) in [7, 11) is 0. The maximum Gasteiger partial charge on any atom is 0.229 e. The molecule has 6 heteroatoms. The Morgan fingerprint density at radius 1 is 1.09 bits per heavy atom. The predicted octanol–water partition coefficient (Wildman–Crippen LogP) is 4.15. The predicted molar refractivity (Wildman–Crippen MR) is 130 cm³/mol. The second kappa shape index (κ2) is 11.1. The smallest absolute Gasteiger partial charge is 0.229 e. The maximum atomic E-state index is 12.7. The third kappa shape index (κ3) is 6.63. The van der Waals surface area contributed by atoms with Crippen LogP contribution in [0.4, 0.5) is 5.82 Å². The van der Waals surface area contributed by atoms with Gasteiger partial charge in [0.2, 0.25) is 5.91 Å². The Balaban J connectivity index is 1.23. The van der Waals surface area contributed by atoms with Gasteiger partial charge < -0.3 is 15.2 Å². The van der Waals surface area contributed by atoms with Gasteiger partial charge in [-0.25, -0.2) is 4.98 Å². The van der Waals surface area contributed by atoms with E-state index in [0.717, 1.165) is 42.0 Å². The molecule has 1 aliphatic rings. The third-order valence-corrected chi connectivity index (χ3v) is 5.89. The van der Waals surface area contributed by atoms with Crippen LogP contribution < -0.4 is 10.1 Å². The molecule has 1 fully saturated rings. The lowest BCUT2D eigenvalue weighted by atomic mass is 9.97. The van der Waals surface area contributed by atoms with Gasteiger partial charge in [-0.1, -0.05) is 48.5 Å². The number of aliphatic hydroxyl groups excluding tert-OH is 1. The monoisotopic (exact) mass is 445 g/mol. The van der Waals surface area contributed by atoms with Crippen molar-refractivity contribution in [3.8, 4) is 16.9 Å². The highest BCUT2D eigenvalue weighted by Gasteiger charge is 2.27. The van der Waals surface area contributed by atoms with E-state index in [1.807, 2.05) is 61.5 Å². The van der Waals surface area contributed by atoms with Gasteiger partial charge >= 0.3 is 0 Å². The number of aryl methyl sites for hydroxylation is 1. The van der Waals surface area contributed by atoms with Crippen molar-refractivity contribution in [2.75, 3.05) is 31.6 Å². The fourth-order valence-electron chi connectivity index (χ4n) is 4.19. The van der Waals surface area contributed by atoms with Crippen molar-refractivity contribution in [3.63, 3.8) is 0 Å². The van der Waals surface area contributed by atoms with Crippen LogP contribution >= 0.6 is 0 Å². The molecule has 4 rings (SSSR count). The van der Waals surface area contributed by atoms with Crippen LogP contribution in [0.2, 0.25) is 0 Å². The quantitative estimate of drug-likeness (QED) is 0.545. The number of rotatable bonds is 8. The van der Waals surface area contributed by atoms with Crippen LogP contribution in [-0.2, 0) is 4.79 Å². The Labute approximate surface area is 195 Å². The van der Waals surface area contributed by atoms with E-state index in [1.54, 1.807) is 6.07 Å². The van der Waals surface area contributed by atoms with Gasteiger partial charge in [0.05, 0.1) is 5.92 Å². The van der Waals surface area contributed by atoms with E-state index >= 15 is 0 Å². The highest BCUT2D eigenvalue weighted by atomic mass is 16.5. The summed E-state index contributed by atoms with van der Waals surface area (Å²) in [6, 6.07) is 23.7. The SMILES string of the molecule is Cc1cccc(NC(=O)[C@@H]2CCCN(C[C@@H](O)COc3ccc(-c4ccccc4)cc3)C2)n1. The fourth-order valence-corrected chi connectivity index (χ4v) is 4.19. The summed E-state index contributed by atoms with van der Waals surface area (Å²) in [6.45, 7) is 4.09. The molecule has 172 valence electrons. The molecule has 0 radical (unpaired) electrons. The normalized spacial score (nSPS) is 17.3. The highest BCUT2D eigenvalue weighted by molar-refractivity contribution is 5.91. The number of aliphatic hydroxyl groups is 1. The Morgan fingerprint density at radius 3 is 2.61 bits per heavy atom. The molecule has 33 heavy (non-hydrogen) atoms. The van der Waals surface area contributed by atoms with Crippen molar-refractivity contribution in [3.05, 3.63) is 78.5 Å². The van der Waals surface area contributed by atoms with Crippen LogP contribution in [0.5, 0.6) is 5.75 Å². The minimum absolute atomic E-state index is 0.0120. The summed E-state index contributed by atoms with van der Waals surface area (Å²) in [5.74, 6) is 1.20. The average molecular weight is 446 g/mol. The number of nitrogens with zero attached hydrogens (tertiary/aromatic N) is 2. The van der Waals surface area contributed by atoms with E-state index in [1.165, 1.54) is 0 Å². The number of ether oxygens (including phenoxy) is 1. The van der Waals surface area contributed by atoms with Crippen LogP contribution in [0.25, 0.3) is 11.1 Å². The van der Waals surface area contributed by atoms with Crippen LogP contribution in [0.3, 0.4) is 0 Å². The lowest BCUT2D eigenvalue weighted by Crippen LogP contribution is -2.44. The van der Waals surface area contributed by atoms with E-state index < -0.39 is 6.10 Å². The van der Waals surface area contributed by atoms with E-state index in [4.69, 9.17) is 4.74 Å².